The molecule has 0 amide bonds. The zero-order valence-electron chi connectivity index (χ0n) is 9.32. The number of aliphatic carboxylic acids is 1. The summed E-state index contributed by atoms with van der Waals surface area (Å²) >= 11 is 0. The molecule has 0 saturated carbocycles. The molecule has 1 atom stereocenters. The average Bonchev–Trinajstić information content (AvgIpc) is 2.15. The standard InChI is InChI=1S/C11H12F3NO2/c1-6(2)9(10(16)17)8-4-3-7(5-15-8)11(12,13)14/h3-6,9H,1-2H3,(H,16,17). The van der Waals surface area contributed by atoms with Crippen molar-refractivity contribution in [2.75, 3.05) is 0 Å². The lowest BCUT2D eigenvalue weighted by atomic mass is 9.92. The van der Waals surface area contributed by atoms with Crippen LogP contribution in [0.15, 0.2) is 18.3 Å². The van der Waals surface area contributed by atoms with Crippen molar-refractivity contribution in [1.29, 1.82) is 0 Å². The average molecular weight is 247 g/mol. The largest absolute Gasteiger partial charge is 0.481 e. The molecule has 0 aliphatic heterocycles. The Morgan fingerprint density at radius 3 is 2.24 bits per heavy atom. The summed E-state index contributed by atoms with van der Waals surface area (Å²) in [6.07, 6.45) is -3.80. The second-order valence-electron chi connectivity index (χ2n) is 4.03. The topological polar surface area (TPSA) is 50.2 Å². The number of aromatic nitrogens is 1. The van der Waals surface area contributed by atoms with Crippen LogP contribution in [0.5, 0.6) is 0 Å². The van der Waals surface area contributed by atoms with E-state index in [1.165, 1.54) is 0 Å². The maximum atomic E-state index is 12.3. The van der Waals surface area contributed by atoms with Crippen molar-refractivity contribution < 1.29 is 23.1 Å². The molecule has 0 aromatic carbocycles. The molecule has 0 bridgehead atoms. The minimum Gasteiger partial charge on any atom is -0.481 e. The lowest BCUT2D eigenvalue weighted by Gasteiger charge is -2.16. The number of nitrogens with zero attached hydrogens (tertiary/aromatic N) is 1. The molecule has 3 nitrogen and oxygen atoms in total. The van der Waals surface area contributed by atoms with Crippen LogP contribution in [0.3, 0.4) is 0 Å². The van der Waals surface area contributed by atoms with Crippen molar-refractivity contribution in [3.8, 4) is 0 Å². The fourth-order valence-corrected chi connectivity index (χ4v) is 1.51. The Balaban J connectivity index is 3.05. The highest BCUT2D eigenvalue weighted by molar-refractivity contribution is 5.75. The van der Waals surface area contributed by atoms with Gasteiger partial charge >= 0.3 is 12.1 Å². The van der Waals surface area contributed by atoms with Crippen LogP contribution in [0, 0.1) is 5.92 Å². The second-order valence-corrected chi connectivity index (χ2v) is 4.03. The van der Waals surface area contributed by atoms with Crippen LogP contribution in [-0.4, -0.2) is 16.1 Å². The Hall–Kier alpha value is -1.59. The third-order valence-electron chi connectivity index (χ3n) is 2.37. The van der Waals surface area contributed by atoms with Gasteiger partial charge in [-0.1, -0.05) is 13.8 Å². The molecule has 0 spiro atoms. The summed E-state index contributed by atoms with van der Waals surface area (Å²) in [5.41, 5.74) is -0.741. The van der Waals surface area contributed by atoms with Crippen LogP contribution in [0.1, 0.15) is 31.0 Å². The molecule has 17 heavy (non-hydrogen) atoms. The van der Waals surface area contributed by atoms with Crippen molar-refractivity contribution in [3.63, 3.8) is 0 Å². The Labute approximate surface area is 96.3 Å². The zero-order chi connectivity index (χ0) is 13.2. The first-order valence-corrected chi connectivity index (χ1v) is 4.99. The van der Waals surface area contributed by atoms with E-state index in [0.29, 0.717) is 6.20 Å². The third kappa shape index (κ3) is 3.18. The monoisotopic (exact) mass is 247 g/mol. The van der Waals surface area contributed by atoms with Gasteiger partial charge in [-0.2, -0.15) is 13.2 Å². The second kappa shape index (κ2) is 4.73. The molecule has 1 unspecified atom stereocenters. The smallest absolute Gasteiger partial charge is 0.417 e. The number of rotatable bonds is 3. The number of hydrogen-bond donors (Lipinski definition) is 1. The van der Waals surface area contributed by atoms with Gasteiger partial charge in [0.2, 0.25) is 0 Å². The molecule has 0 radical (unpaired) electrons. The molecule has 6 heteroatoms. The van der Waals surface area contributed by atoms with Gasteiger partial charge in [-0.3, -0.25) is 9.78 Å². The predicted octanol–water partition coefficient (Wildman–Crippen LogP) is 2.92. The molecule has 0 aliphatic rings. The van der Waals surface area contributed by atoms with E-state index in [2.05, 4.69) is 4.98 Å². The molecular weight excluding hydrogens is 235 g/mol. The van der Waals surface area contributed by atoms with Crippen molar-refractivity contribution >= 4 is 5.97 Å². The first kappa shape index (κ1) is 13.5. The van der Waals surface area contributed by atoms with Crippen molar-refractivity contribution in [2.24, 2.45) is 5.92 Å². The molecule has 1 aromatic rings. The normalized spacial score (nSPS) is 13.8. The van der Waals surface area contributed by atoms with Gasteiger partial charge < -0.3 is 5.11 Å². The Morgan fingerprint density at radius 2 is 1.94 bits per heavy atom. The quantitative estimate of drug-likeness (QED) is 0.893. The maximum absolute atomic E-state index is 12.3. The predicted molar refractivity (Wildman–Crippen MR) is 54.5 cm³/mol. The Bertz CT molecular complexity index is 398. The van der Waals surface area contributed by atoms with Gasteiger partial charge in [0.05, 0.1) is 11.3 Å². The molecule has 0 aliphatic carbocycles. The molecule has 1 aromatic heterocycles. The minimum absolute atomic E-state index is 0.139. The van der Waals surface area contributed by atoms with Gasteiger partial charge in [0, 0.05) is 6.20 Å². The van der Waals surface area contributed by atoms with Crippen LogP contribution in [-0.2, 0) is 11.0 Å². The van der Waals surface area contributed by atoms with E-state index in [9.17, 15) is 18.0 Å². The first-order chi connectivity index (χ1) is 7.73. The summed E-state index contributed by atoms with van der Waals surface area (Å²) in [5.74, 6) is -2.22. The number of halogens is 3. The van der Waals surface area contributed by atoms with Crippen molar-refractivity contribution in [1.82, 2.24) is 4.98 Å². The van der Waals surface area contributed by atoms with E-state index in [-0.39, 0.29) is 11.6 Å². The van der Waals surface area contributed by atoms with E-state index in [1.54, 1.807) is 13.8 Å². The maximum Gasteiger partial charge on any atom is 0.417 e. The number of carboxylic acid groups (broad SMARTS) is 1. The van der Waals surface area contributed by atoms with Gasteiger partial charge in [0.25, 0.3) is 0 Å². The van der Waals surface area contributed by atoms with Crippen LogP contribution < -0.4 is 0 Å². The van der Waals surface area contributed by atoms with Crippen molar-refractivity contribution in [3.05, 3.63) is 29.6 Å². The third-order valence-corrected chi connectivity index (χ3v) is 2.37. The Morgan fingerprint density at radius 1 is 1.35 bits per heavy atom. The summed E-state index contributed by atoms with van der Waals surface area (Å²) < 4.78 is 36.8. The number of pyridine rings is 1. The summed E-state index contributed by atoms with van der Waals surface area (Å²) in [5, 5.41) is 8.96. The SMILES string of the molecule is CC(C)C(C(=O)O)c1ccc(C(F)(F)F)cn1. The van der Waals surface area contributed by atoms with E-state index in [1.807, 2.05) is 0 Å². The lowest BCUT2D eigenvalue weighted by Crippen LogP contribution is -2.19. The van der Waals surface area contributed by atoms with Crippen LogP contribution in [0.4, 0.5) is 13.2 Å². The number of alkyl halides is 3. The summed E-state index contributed by atoms with van der Waals surface area (Å²) in [6, 6.07) is 1.96. The fraction of sp³-hybridized carbons (Fsp3) is 0.455. The van der Waals surface area contributed by atoms with E-state index < -0.39 is 23.6 Å². The molecular formula is C11H12F3NO2. The van der Waals surface area contributed by atoms with Gasteiger partial charge in [0.1, 0.15) is 5.92 Å². The molecule has 0 saturated heterocycles. The highest BCUT2D eigenvalue weighted by atomic mass is 19.4. The van der Waals surface area contributed by atoms with Crippen molar-refractivity contribution in [2.45, 2.75) is 25.9 Å². The van der Waals surface area contributed by atoms with E-state index in [0.717, 1.165) is 12.1 Å². The van der Waals surface area contributed by atoms with Gasteiger partial charge in [-0.15, -0.1) is 0 Å². The highest BCUT2D eigenvalue weighted by Crippen LogP contribution is 2.30. The molecule has 1 rings (SSSR count). The summed E-state index contributed by atoms with van der Waals surface area (Å²) in [7, 11) is 0. The number of carbonyl (C=O) groups is 1. The molecule has 94 valence electrons. The first-order valence-electron chi connectivity index (χ1n) is 4.99. The molecule has 1 heterocycles. The Kier molecular flexibility index (Phi) is 3.75. The van der Waals surface area contributed by atoms with Crippen LogP contribution in [0.25, 0.3) is 0 Å². The highest BCUT2D eigenvalue weighted by Gasteiger charge is 2.32. The van der Waals surface area contributed by atoms with Crippen LogP contribution >= 0.6 is 0 Å². The van der Waals surface area contributed by atoms with Gasteiger partial charge in [-0.05, 0) is 18.1 Å². The molecule has 0 fully saturated rings. The van der Waals surface area contributed by atoms with E-state index in [4.69, 9.17) is 5.11 Å². The van der Waals surface area contributed by atoms with E-state index >= 15 is 0 Å². The minimum atomic E-state index is -4.46. The number of carboxylic acids is 1. The molecule has 1 N–H and O–H groups in total. The van der Waals surface area contributed by atoms with Crippen LogP contribution in [0.2, 0.25) is 0 Å². The lowest BCUT2D eigenvalue weighted by molar-refractivity contribution is -0.140. The summed E-state index contributed by atoms with van der Waals surface area (Å²) in [6.45, 7) is 3.36. The van der Waals surface area contributed by atoms with Gasteiger partial charge in [0.15, 0.2) is 0 Å². The number of hydrogen-bond acceptors (Lipinski definition) is 2. The fourth-order valence-electron chi connectivity index (χ4n) is 1.51. The van der Waals surface area contributed by atoms with Gasteiger partial charge in [-0.25, -0.2) is 0 Å². The zero-order valence-corrected chi connectivity index (χ0v) is 9.32. The summed E-state index contributed by atoms with van der Waals surface area (Å²) in [4.78, 5) is 14.5.